The summed E-state index contributed by atoms with van der Waals surface area (Å²) < 4.78 is 14.3. The van der Waals surface area contributed by atoms with Gasteiger partial charge in [0.15, 0.2) is 17.6 Å². The predicted octanol–water partition coefficient (Wildman–Crippen LogP) is 7.58. The Bertz CT molecular complexity index is 1510. The maximum Gasteiger partial charge on any atom is 0.250 e. The van der Waals surface area contributed by atoms with Gasteiger partial charge < -0.3 is 19.7 Å². The van der Waals surface area contributed by atoms with Crippen LogP contribution in [0.5, 0.6) is 11.5 Å². The van der Waals surface area contributed by atoms with Gasteiger partial charge in [0.25, 0.3) is 5.78 Å². The van der Waals surface area contributed by atoms with E-state index in [4.69, 9.17) is 9.47 Å². The summed E-state index contributed by atoms with van der Waals surface area (Å²) in [6.45, 7) is 17.3. The van der Waals surface area contributed by atoms with Crippen LogP contribution in [0.2, 0.25) is 0 Å². The number of fused-ring (bicyclic) bond motifs is 7. The van der Waals surface area contributed by atoms with Gasteiger partial charge in [-0.1, -0.05) is 74.3 Å². The van der Waals surface area contributed by atoms with Crippen LogP contribution in [-0.2, 0) is 22.4 Å². The van der Waals surface area contributed by atoms with Crippen molar-refractivity contribution in [3.63, 3.8) is 0 Å². The summed E-state index contributed by atoms with van der Waals surface area (Å²) in [7, 11) is 0. The van der Waals surface area contributed by atoms with E-state index in [-0.39, 0.29) is 40.9 Å². The molecule has 0 bridgehead atoms. The molecule has 0 saturated heterocycles. The second kappa shape index (κ2) is 10.4. The number of hydrogen-bond acceptors (Lipinski definition) is 6. The highest BCUT2D eigenvalue weighted by molar-refractivity contribution is 6.47. The summed E-state index contributed by atoms with van der Waals surface area (Å²) in [5, 5.41) is 24.5. The minimum atomic E-state index is -1.50. The summed E-state index contributed by atoms with van der Waals surface area (Å²) in [4.78, 5) is 28.9. The van der Waals surface area contributed by atoms with Crippen LogP contribution in [0.25, 0.3) is 0 Å². The Morgan fingerprint density at radius 2 is 1.39 bits per heavy atom. The first kappa shape index (κ1) is 32.4. The molecule has 46 heavy (non-hydrogen) atoms. The van der Waals surface area contributed by atoms with Crippen LogP contribution in [0.15, 0.2) is 17.2 Å². The van der Waals surface area contributed by atoms with Gasteiger partial charge in [0.2, 0.25) is 11.4 Å². The van der Waals surface area contributed by atoms with E-state index in [0.717, 1.165) is 68.1 Å². The molecule has 2 fully saturated rings. The molecule has 0 aromatic heterocycles. The highest BCUT2D eigenvalue weighted by Gasteiger charge is 2.65. The van der Waals surface area contributed by atoms with E-state index >= 15 is 0 Å². The van der Waals surface area contributed by atoms with E-state index in [1.54, 1.807) is 0 Å². The highest BCUT2D eigenvalue weighted by Crippen LogP contribution is 2.59. The number of aryl methyl sites for hydroxylation is 1. The van der Waals surface area contributed by atoms with E-state index in [1.165, 1.54) is 5.56 Å². The Hall–Kier alpha value is -2.18. The summed E-state index contributed by atoms with van der Waals surface area (Å²) in [6.07, 6.45) is 8.41. The van der Waals surface area contributed by atoms with Gasteiger partial charge in [0.1, 0.15) is 0 Å². The van der Waals surface area contributed by atoms with Crippen LogP contribution in [0.1, 0.15) is 142 Å². The molecular weight excluding hydrogens is 576 g/mol. The molecular formula is C40H56O6. The van der Waals surface area contributed by atoms with Crippen LogP contribution >= 0.6 is 0 Å². The van der Waals surface area contributed by atoms with Crippen molar-refractivity contribution in [2.45, 2.75) is 161 Å². The van der Waals surface area contributed by atoms with Gasteiger partial charge in [-0.15, -0.1) is 0 Å². The summed E-state index contributed by atoms with van der Waals surface area (Å²) in [5.41, 5.74) is 1.06. The highest BCUT2D eigenvalue weighted by atomic mass is 16.6. The molecule has 2 saturated carbocycles. The van der Waals surface area contributed by atoms with Gasteiger partial charge >= 0.3 is 0 Å². The molecule has 1 aromatic carbocycles. The third kappa shape index (κ3) is 4.47. The van der Waals surface area contributed by atoms with Crippen molar-refractivity contribution < 1.29 is 29.3 Å². The van der Waals surface area contributed by atoms with Crippen LogP contribution in [0.4, 0.5) is 0 Å². The molecule has 0 unspecified atom stereocenters. The molecule has 6 nitrogen and oxygen atoms in total. The average Bonchev–Trinajstić information content (AvgIpc) is 3.22. The second-order valence-corrected chi connectivity index (χ2v) is 18.1. The number of aliphatic hydroxyl groups is 2. The number of carbonyl (C=O) groups excluding carboxylic acids is 2. The predicted molar refractivity (Wildman–Crippen MR) is 178 cm³/mol. The molecule has 6 heteroatoms. The fourth-order valence-electron chi connectivity index (χ4n) is 11.3. The van der Waals surface area contributed by atoms with Crippen LogP contribution < -0.4 is 9.47 Å². The Labute approximate surface area is 275 Å². The minimum Gasteiger partial charge on any atom is -0.477 e. The number of rotatable bonds is 2. The Kier molecular flexibility index (Phi) is 7.33. The fraction of sp³-hybridized carbons (Fsp3) is 0.750. The quantitative estimate of drug-likeness (QED) is 0.327. The fourth-order valence-corrected chi connectivity index (χ4v) is 11.3. The van der Waals surface area contributed by atoms with Gasteiger partial charge in [0.05, 0.1) is 11.2 Å². The topological polar surface area (TPSA) is 93.1 Å². The zero-order chi connectivity index (χ0) is 33.2. The summed E-state index contributed by atoms with van der Waals surface area (Å²) in [5.74, 6) is 0.165. The number of hydrogen-bond donors (Lipinski definition) is 2. The van der Waals surface area contributed by atoms with Gasteiger partial charge in [-0.05, 0) is 91.1 Å². The smallest absolute Gasteiger partial charge is 0.250 e. The zero-order valence-electron chi connectivity index (χ0n) is 29.5. The lowest BCUT2D eigenvalue weighted by Crippen LogP contribution is -2.67. The van der Waals surface area contributed by atoms with Crippen molar-refractivity contribution in [2.24, 2.45) is 28.6 Å². The molecule has 1 aliphatic heterocycles. The summed E-state index contributed by atoms with van der Waals surface area (Å²) >= 11 is 0. The number of ketones is 2. The molecule has 6 atom stereocenters. The minimum absolute atomic E-state index is 0.0293. The van der Waals surface area contributed by atoms with Crippen molar-refractivity contribution in [2.75, 3.05) is 0 Å². The molecule has 2 N–H and O–H groups in total. The number of ether oxygens (including phenoxy) is 2. The number of Topliss-reactive ketones (excluding diaryl/α,β-unsaturated/α-hetero) is 2. The number of benzene rings is 1. The maximum absolute atomic E-state index is 14.6. The molecule has 252 valence electrons. The Morgan fingerprint density at radius 1 is 0.804 bits per heavy atom. The maximum atomic E-state index is 14.6. The van der Waals surface area contributed by atoms with Gasteiger partial charge in [-0.25, -0.2) is 0 Å². The molecule has 5 aliphatic carbocycles. The van der Waals surface area contributed by atoms with Gasteiger partial charge in [-0.3, -0.25) is 9.59 Å². The van der Waals surface area contributed by atoms with E-state index in [9.17, 15) is 19.8 Å². The first-order chi connectivity index (χ1) is 21.5. The molecule has 1 heterocycles. The van der Waals surface area contributed by atoms with E-state index in [2.05, 4.69) is 47.6 Å². The Balaban J connectivity index is 1.40. The average molecular weight is 633 g/mol. The monoisotopic (exact) mass is 632 g/mol. The van der Waals surface area contributed by atoms with E-state index in [1.807, 2.05) is 13.8 Å². The first-order valence-corrected chi connectivity index (χ1v) is 18.3. The standard InChI is InChI=1S/C40H56O6/c1-22(2)26-19-24-11-13-29-36(5,6)15-9-17-38(29,43)20-27(24)33-32(26)45-35-25-12-14-30-37(7,8)16-10-18-39(30,44)21-28(25)31(41)34(42)40(35,46-33)23(3)4/h19,22-23,29-30,35,43-44H,9-18,20-21H2,1-8H3/t29-,30-,35+,38+,39+,40+/m0/s1. The lowest BCUT2D eigenvalue weighted by atomic mass is 9.59. The van der Waals surface area contributed by atoms with Crippen molar-refractivity contribution in [3.8, 4) is 11.5 Å². The molecule has 7 rings (SSSR count). The Morgan fingerprint density at radius 3 is 1.98 bits per heavy atom. The number of carbonyl (C=O) groups is 2. The first-order valence-electron chi connectivity index (χ1n) is 18.3. The zero-order valence-corrected chi connectivity index (χ0v) is 29.5. The van der Waals surface area contributed by atoms with E-state index < -0.39 is 34.5 Å². The van der Waals surface area contributed by atoms with Gasteiger partial charge in [0, 0.05) is 35.5 Å². The largest absolute Gasteiger partial charge is 0.477 e. The lowest BCUT2D eigenvalue weighted by Gasteiger charge is -2.51. The van der Waals surface area contributed by atoms with Crippen molar-refractivity contribution in [3.05, 3.63) is 33.9 Å². The molecule has 0 spiro atoms. The van der Waals surface area contributed by atoms with Crippen molar-refractivity contribution >= 4 is 11.6 Å². The molecule has 6 aliphatic rings. The lowest BCUT2D eigenvalue weighted by molar-refractivity contribution is -0.161. The molecule has 0 radical (unpaired) electrons. The second-order valence-electron chi connectivity index (χ2n) is 18.1. The SMILES string of the molecule is CC(C)c1cc2c(c3c1O[C@@H]1C4=C(C[C@]5(O)CCCC(C)(C)[C@@H]5CC4)C(=O)C(=O)[C@@]1(C(C)C)O3)C[C@]1(O)CCCC(C)(C)[C@@H]1CC2. The molecule has 0 amide bonds. The van der Waals surface area contributed by atoms with Crippen molar-refractivity contribution in [1.82, 2.24) is 0 Å². The third-order valence-electron chi connectivity index (χ3n) is 13.8. The normalized spacial score (nSPS) is 37.9. The summed E-state index contributed by atoms with van der Waals surface area (Å²) in [6, 6.07) is 2.27. The van der Waals surface area contributed by atoms with Crippen LogP contribution in [-0.4, -0.2) is 44.7 Å². The van der Waals surface area contributed by atoms with E-state index in [0.29, 0.717) is 36.3 Å². The third-order valence-corrected chi connectivity index (χ3v) is 13.8. The van der Waals surface area contributed by atoms with Crippen LogP contribution in [0.3, 0.4) is 0 Å². The van der Waals surface area contributed by atoms with Crippen LogP contribution in [0, 0.1) is 28.6 Å². The molecule has 1 aromatic rings. The van der Waals surface area contributed by atoms with Gasteiger partial charge in [-0.2, -0.15) is 0 Å². The van der Waals surface area contributed by atoms with Crippen molar-refractivity contribution in [1.29, 1.82) is 0 Å².